The largest absolute Gasteiger partial charge is 0.494 e. The molecule has 0 amide bonds. The van der Waals surface area contributed by atoms with Gasteiger partial charge in [-0.15, -0.1) is 0 Å². The molecular weight excluding hydrogens is 347 g/mol. The zero-order chi connectivity index (χ0) is 16.3. The standard InChI is InChI=1S/C13H14Cl2N4O2S/c1-4-9-17-18-13(22)19(9)16-6-7-5-8(14)12(21-3)10(15)11(7)20-2/h5-6H,4H2,1-3H3,(H,18,22)/b16-6-. The Morgan fingerprint density at radius 1 is 1.36 bits per heavy atom. The van der Waals surface area contributed by atoms with Gasteiger partial charge in [0.1, 0.15) is 10.8 Å². The van der Waals surface area contributed by atoms with Gasteiger partial charge in [-0.05, 0) is 18.3 Å². The minimum Gasteiger partial charge on any atom is -0.494 e. The lowest BCUT2D eigenvalue weighted by Crippen LogP contribution is -2.00. The number of nitrogens with one attached hydrogen (secondary N) is 1. The Bertz CT molecular complexity index is 770. The average Bonchev–Trinajstić information content (AvgIpc) is 2.85. The lowest BCUT2D eigenvalue weighted by molar-refractivity contribution is 0.394. The van der Waals surface area contributed by atoms with Crippen LogP contribution in [0.1, 0.15) is 18.3 Å². The van der Waals surface area contributed by atoms with Crippen LogP contribution in [0.2, 0.25) is 10.0 Å². The van der Waals surface area contributed by atoms with Crippen LogP contribution in [0.15, 0.2) is 11.2 Å². The third-order valence-electron chi connectivity index (χ3n) is 2.91. The molecule has 0 spiro atoms. The van der Waals surface area contributed by atoms with E-state index in [1.165, 1.54) is 18.9 Å². The molecule has 1 N–H and O–H groups in total. The summed E-state index contributed by atoms with van der Waals surface area (Å²) in [4.78, 5) is 0. The minimum absolute atomic E-state index is 0.283. The molecule has 1 aromatic heterocycles. The van der Waals surface area contributed by atoms with Gasteiger partial charge in [0.25, 0.3) is 0 Å². The lowest BCUT2D eigenvalue weighted by atomic mass is 10.2. The van der Waals surface area contributed by atoms with Gasteiger partial charge < -0.3 is 9.47 Å². The highest BCUT2D eigenvalue weighted by Crippen LogP contribution is 2.41. The molecule has 2 rings (SSSR count). The van der Waals surface area contributed by atoms with Crippen molar-refractivity contribution in [2.24, 2.45) is 5.10 Å². The molecular formula is C13H14Cl2N4O2S. The van der Waals surface area contributed by atoms with Gasteiger partial charge in [0.15, 0.2) is 11.6 Å². The Kier molecular flexibility index (Phi) is 5.44. The summed E-state index contributed by atoms with van der Waals surface area (Å²) in [5, 5.41) is 11.7. The molecule has 118 valence electrons. The summed E-state index contributed by atoms with van der Waals surface area (Å²) < 4.78 is 12.4. The number of hydrogen-bond donors (Lipinski definition) is 1. The topological polar surface area (TPSA) is 64.4 Å². The van der Waals surface area contributed by atoms with Crippen molar-refractivity contribution < 1.29 is 9.47 Å². The first-order chi connectivity index (χ1) is 10.5. The van der Waals surface area contributed by atoms with Crippen LogP contribution in [0.25, 0.3) is 0 Å². The van der Waals surface area contributed by atoms with E-state index in [1.807, 2.05) is 6.92 Å². The van der Waals surface area contributed by atoms with Crippen molar-refractivity contribution in [3.8, 4) is 11.5 Å². The summed E-state index contributed by atoms with van der Waals surface area (Å²) >= 11 is 17.5. The summed E-state index contributed by atoms with van der Waals surface area (Å²) in [6, 6.07) is 1.66. The predicted octanol–water partition coefficient (Wildman–Crippen LogP) is 3.71. The van der Waals surface area contributed by atoms with E-state index in [-0.39, 0.29) is 5.02 Å². The number of H-pyrrole nitrogens is 1. The first-order valence-corrected chi connectivity index (χ1v) is 7.50. The third-order valence-corrected chi connectivity index (χ3v) is 3.80. The highest BCUT2D eigenvalue weighted by atomic mass is 35.5. The lowest BCUT2D eigenvalue weighted by Gasteiger charge is -2.12. The number of nitrogens with zero attached hydrogens (tertiary/aromatic N) is 3. The SMILES string of the molecule is CCc1n[nH]c(=S)n1/N=C\c1cc(Cl)c(OC)c(Cl)c1OC. The molecule has 0 saturated heterocycles. The van der Waals surface area contributed by atoms with Crippen molar-refractivity contribution in [1.82, 2.24) is 14.9 Å². The van der Waals surface area contributed by atoms with Crippen molar-refractivity contribution >= 4 is 41.6 Å². The predicted molar refractivity (Wildman–Crippen MR) is 89.3 cm³/mol. The summed E-state index contributed by atoms with van der Waals surface area (Å²) in [6.07, 6.45) is 2.24. The van der Waals surface area contributed by atoms with Gasteiger partial charge in [0, 0.05) is 12.0 Å². The van der Waals surface area contributed by atoms with Gasteiger partial charge >= 0.3 is 0 Å². The second kappa shape index (κ2) is 7.13. The fourth-order valence-electron chi connectivity index (χ4n) is 1.88. The van der Waals surface area contributed by atoms with Gasteiger partial charge in [-0.2, -0.15) is 14.9 Å². The maximum absolute atomic E-state index is 6.23. The molecule has 0 aliphatic carbocycles. The number of aromatic nitrogens is 3. The Labute approximate surface area is 142 Å². The quantitative estimate of drug-likeness (QED) is 0.651. The van der Waals surface area contributed by atoms with Crippen LogP contribution in [0, 0.1) is 4.77 Å². The third kappa shape index (κ3) is 3.11. The highest BCUT2D eigenvalue weighted by molar-refractivity contribution is 7.71. The van der Waals surface area contributed by atoms with E-state index in [9.17, 15) is 0 Å². The highest BCUT2D eigenvalue weighted by Gasteiger charge is 2.16. The number of aryl methyl sites for hydroxylation is 1. The smallest absolute Gasteiger partial charge is 0.216 e. The van der Waals surface area contributed by atoms with Gasteiger partial charge in [0.05, 0.1) is 25.5 Å². The molecule has 0 unspecified atom stereocenters. The Morgan fingerprint density at radius 3 is 2.64 bits per heavy atom. The van der Waals surface area contributed by atoms with E-state index in [2.05, 4.69) is 15.3 Å². The number of benzene rings is 1. The molecule has 6 nitrogen and oxygen atoms in total. The molecule has 2 aromatic rings. The zero-order valence-electron chi connectivity index (χ0n) is 12.2. The number of rotatable bonds is 5. The molecule has 9 heteroatoms. The number of methoxy groups -OCH3 is 2. The maximum atomic E-state index is 6.23. The van der Waals surface area contributed by atoms with Crippen molar-refractivity contribution in [2.45, 2.75) is 13.3 Å². The zero-order valence-corrected chi connectivity index (χ0v) is 14.5. The van der Waals surface area contributed by atoms with Crippen LogP contribution in [-0.2, 0) is 6.42 Å². The van der Waals surface area contributed by atoms with Crippen LogP contribution in [0.4, 0.5) is 0 Å². The van der Waals surface area contributed by atoms with E-state index >= 15 is 0 Å². The summed E-state index contributed by atoms with van der Waals surface area (Å²) in [5.41, 5.74) is 0.600. The molecule has 0 bridgehead atoms. The second-order valence-corrected chi connectivity index (χ2v) is 5.35. The van der Waals surface area contributed by atoms with Crippen molar-refractivity contribution in [3.63, 3.8) is 0 Å². The fourth-order valence-corrected chi connectivity index (χ4v) is 2.79. The molecule has 0 radical (unpaired) electrons. The number of hydrogen-bond acceptors (Lipinski definition) is 5. The van der Waals surface area contributed by atoms with Crippen molar-refractivity contribution in [2.75, 3.05) is 14.2 Å². The minimum atomic E-state index is 0.283. The monoisotopic (exact) mass is 360 g/mol. The van der Waals surface area contributed by atoms with Crippen LogP contribution >= 0.6 is 35.4 Å². The Balaban J connectivity index is 2.51. The first kappa shape index (κ1) is 16.8. The molecule has 1 aromatic carbocycles. The number of halogens is 2. The van der Waals surface area contributed by atoms with E-state index in [0.717, 1.165) is 0 Å². The fraction of sp³-hybridized carbons (Fsp3) is 0.308. The van der Waals surface area contributed by atoms with Crippen LogP contribution in [-0.4, -0.2) is 35.3 Å². The van der Waals surface area contributed by atoms with Gasteiger partial charge in [-0.25, -0.2) is 0 Å². The van der Waals surface area contributed by atoms with E-state index < -0.39 is 0 Å². The average molecular weight is 361 g/mol. The van der Waals surface area contributed by atoms with Gasteiger partial charge in [0.2, 0.25) is 4.77 Å². The molecule has 0 saturated carbocycles. The van der Waals surface area contributed by atoms with Gasteiger partial charge in [-0.3, -0.25) is 5.10 Å². The Hall–Kier alpha value is -1.57. The normalized spacial score (nSPS) is 11.1. The summed E-state index contributed by atoms with van der Waals surface area (Å²) in [5.74, 6) is 1.48. The van der Waals surface area contributed by atoms with Crippen molar-refractivity contribution in [1.29, 1.82) is 0 Å². The van der Waals surface area contributed by atoms with E-state index in [0.29, 0.717) is 39.1 Å². The van der Waals surface area contributed by atoms with E-state index in [1.54, 1.807) is 12.3 Å². The van der Waals surface area contributed by atoms with Gasteiger partial charge in [-0.1, -0.05) is 30.1 Å². The van der Waals surface area contributed by atoms with Crippen LogP contribution in [0.3, 0.4) is 0 Å². The summed E-state index contributed by atoms with van der Waals surface area (Å²) in [6.45, 7) is 1.96. The molecule has 22 heavy (non-hydrogen) atoms. The van der Waals surface area contributed by atoms with Crippen LogP contribution in [0.5, 0.6) is 11.5 Å². The molecule has 1 heterocycles. The Morgan fingerprint density at radius 2 is 2.05 bits per heavy atom. The van der Waals surface area contributed by atoms with Crippen LogP contribution < -0.4 is 9.47 Å². The number of aromatic amines is 1. The molecule has 0 atom stereocenters. The van der Waals surface area contributed by atoms with E-state index in [4.69, 9.17) is 44.9 Å². The summed E-state index contributed by atoms with van der Waals surface area (Å²) in [7, 11) is 2.99. The maximum Gasteiger partial charge on any atom is 0.216 e. The molecule has 0 aliphatic rings. The molecule has 0 fully saturated rings. The second-order valence-electron chi connectivity index (χ2n) is 4.18. The van der Waals surface area contributed by atoms with Crippen molar-refractivity contribution in [3.05, 3.63) is 32.3 Å². The first-order valence-electron chi connectivity index (χ1n) is 6.34. The molecule has 0 aliphatic heterocycles. The number of ether oxygens (including phenoxy) is 2.